The van der Waals surface area contributed by atoms with E-state index in [1.165, 1.54) is 16.7 Å². The van der Waals surface area contributed by atoms with Gasteiger partial charge in [0.05, 0.1) is 17.7 Å². The Kier molecular flexibility index (Phi) is 8.05. The number of rotatable bonds is 10. The molecule has 1 unspecified atom stereocenters. The summed E-state index contributed by atoms with van der Waals surface area (Å²) in [5, 5.41) is 13.8. The van der Waals surface area contributed by atoms with Crippen molar-refractivity contribution in [3.8, 4) is 0 Å². The summed E-state index contributed by atoms with van der Waals surface area (Å²) in [5.74, 6) is -0.510. The Bertz CT molecular complexity index is 488. The molecule has 0 bridgehead atoms. The summed E-state index contributed by atoms with van der Waals surface area (Å²) in [6.07, 6.45) is 2.02. The molecule has 0 aliphatic rings. The Morgan fingerprint density at radius 1 is 1.41 bits per heavy atom. The molecule has 1 heterocycles. The van der Waals surface area contributed by atoms with Gasteiger partial charge in [-0.3, -0.25) is 4.79 Å². The van der Waals surface area contributed by atoms with Crippen LogP contribution in [0.5, 0.6) is 0 Å². The van der Waals surface area contributed by atoms with E-state index in [9.17, 15) is 9.59 Å². The Labute approximate surface area is 134 Å². The summed E-state index contributed by atoms with van der Waals surface area (Å²) < 4.78 is 5.58. The molecule has 0 aliphatic carbocycles. The van der Waals surface area contributed by atoms with Gasteiger partial charge in [-0.2, -0.15) is 0 Å². The summed E-state index contributed by atoms with van der Waals surface area (Å²) in [6, 6.07) is 0. The monoisotopic (exact) mass is 328 g/mol. The number of carbonyl (C=O) groups excluding carboxylic acids is 1. The normalized spacial score (nSPS) is 12.4. The number of ether oxygens (including phenoxy) is 1. The second-order valence-electron chi connectivity index (χ2n) is 5.59. The number of aromatic carboxylic acids is 1. The summed E-state index contributed by atoms with van der Waals surface area (Å²) in [7, 11) is 0. The predicted octanol–water partition coefficient (Wildman–Crippen LogP) is 2.34. The minimum atomic E-state index is -1.03. The summed E-state index contributed by atoms with van der Waals surface area (Å²) in [5.41, 5.74) is 0.0545. The molecule has 124 valence electrons. The summed E-state index contributed by atoms with van der Waals surface area (Å²) >= 11 is 1.29. The van der Waals surface area contributed by atoms with E-state index in [4.69, 9.17) is 9.84 Å². The van der Waals surface area contributed by atoms with Gasteiger partial charge >= 0.3 is 5.97 Å². The number of hydrogen-bond donors (Lipinski definition) is 2. The van der Waals surface area contributed by atoms with Crippen molar-refractivity contribution in [1.82, 2.24) is 10.3 Å². The molecule has 1 aromatic rings. The largest absolute Gasteiger partial charge is 0.476 e. The number of aromatic nitrogens is 1. The van der Waals surface area contributed by atoms with E-state index in [0.29, 0.717) is 36.9 Å². The Balaban J connectivity index is 2.14. The van der Waals surface area contributed by atoms with E-state index in [-0.39, 0.29) is 17.7 Å². The van der Waals surface area contributed by atoms with Crippen molar-refractivity contribution >= 4 is 23.2 Å². The molecule has 0 radical (unpaired) electrons. The van der Waals surface area contributed by atoms with Gasteiger partial charge < -0.3 is 15.2 Å². The van der Waals surface area contributed by atoms with Gasteiger partial charge in [-0.05, 0) is 19.3 Å². The zero-order valence-electron chi connectivity index (χ0n) is 13.3. The number of nitrogens with zero attached hydrogens (tertiary/aromatic N) is 1. The van der Waals surface area contributed by atoms with Crippen molar-refractivity contribution in [3.63, 3.8) is 0 Å². The maximum atomic E-state index is 11.6. The summed E-state index contributed by atoms with van der Waals surface area (Å²) in [6.45, 7) is 7.16. The first-order valence-electron chi connectivity index (χ1n) is 7.44. The van der Waals surface area contributed by atoms with Crippen LogP contribution in [-0.2, 0) is 16.0 Å². The van der Waals surface area contributed by atoms with Crippen LogP contribution in [0.15, 0.2) is 5.38 Å². The van der Waals surface area contributed by atoms with Gasteiger partial charge in [-0.25, -0.2) is 9.78 Å². The van der Waals surface area contributed by atoms with Gasteiger partial charge in [0.2, 0.25) is 5.91 Å². The molecule has 2 N–H and O–H groups in total. The highest BCUT2D eigenvalue weighted by atomic mass is 32.1. The highest BCUT2D eigenvalue weighted by Crippen LogP contribution is 2.10. The van der Waals surface area contributed by atoms with Crippen molar-refractivity contribution in [3.05, 3.63) is 16.1 Å². The number of carboxylic acid groups (broad SMARTS) is 1. The maximum absolute atomic E-state index is 11.6. The number of carboxylic acids is 1. The van der Waals surface area contributed by atoms with E-state index >= 15 is 0 Å². The first-order chi connectivity index (χ1) is 10.4. The van der Waals surface area contributed by atoms with E-state index in [0.717, 1.165) is 6.42 Å². The maximum Gasteiger partial charge on any atom is 0.355 e. The molecular weight excluding hydrogens is 304 g/mol. The van der Waals surface area contributed by atoms with E-state index < -0.39 is 5.97 Å². The lowest BCUT2D eigenvalue weighted by molar-refractivity contribution is -0.122. The van der Waals surface area contributed by atoms with Gasteiger partial charge in [0, 0.05) is 24.8 Å². The van der Waals surface area contributed by atoms with Gasteiger partial charge in [0.15, 0.2) is 5.69 Å². The van der Waals surface area contributed by atoms with Gasteiger partial charge in [0.1, 0.15) is 0 Å². The fourth-order valence-corrected chi connectivity index (χ4v) is 2.78. The minimum Gasteiger partial charge on any atom is -0.476 e. The van der Waals surface area contributed by atoms with Crippen molar-refractivity contribution in [2.75, 3.05) is 13.2 Å². The lowest BCUT2D eigenvalue weighted by Crippen LogP contribution is -2.27. The van der Waals surface area contributed by atoms with Crippen molar-refractivity contribution in [1.29, 1.82) is 0 Å². The fraction of sp³-hybridized carbons (Fsp3) is 0.667. The SMILES string of the molecule is CC(C)CC(C)OCCC(=O)NCCc1nc(C(=O)O)cs1. The first kappa shape index (κ1) is 18.6. The van der Waals surface area contributed by atoms with Crippen LogP contribution in [-0.4, -0.2) is 41.2 Å². The molecule has 0 aromatic carbocycles. The third-order valence-corrected chi connectivity index (χ3v) is 3.88. The fourth-order valence-electron chi connectivity index (χ4n) is 2.01. The Morgan fingerprint density at radius 3 is 2.73 bits per heavy atom. The van der Waals surface area contributed by atoms with Crippen molar-refractivity contribution in [2.24, 2.45) is 5.92 Å². The predicted molar refractivity (Wildman–Crippen MR) is 85.3 cm³/mol. The molecule has 1 amide bonds. The van der Waals surface area contributed by atoms with E-state index in [1.54, 1.807) is 0 Å². The molecule has 1 atom stereocenters. The number of amides is 1. The molecule has 1 aromatic heterocycles. The zero-order chi connectivity index (χ0) is 16.5. The summed E-state index contributed by atoms with van der Waals surface area (Å²) in [4.78, 5) is 26.3. The second kappa shape index (κ2) is 9.53. The van der Waals surface area contributed by atoms with E-state index in [1.807, 2.05) is 6.92 Å². The molecule has 0 aliphatic heterocycles. The Morgan fingerprint density at radius 2 is 2.14 bits per heavy atom. The van der Waals surface area contributed by atoms with Crippen LogP contribution in [0.4, 0.5) is 0 Å². The van der Waals surface area contributed by atoms with Crippen LogP contribution in [0.25, 0.3) is 0 Å². The van der Waals surface area contributed by atoms with Crippen LogP contribution in [0, 0.1) is 5.92 Å². The average Bonchev–Trinajstić information content (AvgIpc) is 2.86. The zero-order valence-corrected chi connectivity index (χ0v) is 14.1. The number of hydrogen-bond acceptors (Lipinski definition) is 5. The highest BCUT2D eigenvalue weighted by molar-refractivity contribution is 7.09. The molecule has 7 heteroatoms. The number of carbonyl (C=O) groups is 2. The van der Waals surface area contributed by atoms with Crippen LogP contribution >= 0.6 is 11.3 Å². The van der Waals surface area contributed by atoms with Gasteiger partial charge in [0.25, 0.3) is 0 Å². The molecule has 0 saturated heterocycles. The van der Waals surface area contributed by atoms with Crippen molar-refractivity contribution in [2.45, 2.75) is 46.1 Å². The number of thiazole rings is 1. The lowest BCUT2D eigenvalue weighted by atomic mass is 10.1. The van der Waals surface area contributed by atoms with Gasteiger partial charge in [-0.15, -0.1) is 11.3 Å². The average molecular weight is 328 g/mol. The van der Waals surface area contributed by atoms with E-state index in [2.05, 4.69) is 24.1 Å². The third-order valence-electron chi connectivity index (χ3n) is 2.97. The molecule has 0 fully saturated rings. The Hall–Kier alpha value is -1.47. The quantitative estimate of drug-likeness (QED) is 0.688. The smallest absolute Gasteiger partial charge is 0.355 e. The second-order valence-corrected chi connectivity index (χ2v) is 6.54. The van der Waals surface area contributed by atoms with Crippen LogP contribution < -0.4 is 5.32 Å². The van der Waals surface area contributed by atoms with Crippen molar-refractivity contribution < 1.29 is 19.4 Å². The van der Waals surface area contributed by atoms with Crippen LogP contribution in [0.3, 0.4) is 0 Å². The first-order valence-corrected chi connectivity index (χ1v) is 8.32. The van der Waals surface area contributed by atoms with Crippen LogP contribution in [0.2, 0.25) is 0 Å². The molecule has 0 saturated carbocycles. The molecule has 6 nitrogen and oxygen atoms in total. The standard InChI is InChI=1S/C15H24N2O4S/c1-10(2)8-11(3)21-7-5-13(18)16-6-4-14-17-12(9-22-14)15(19)20/h9-11H,4-8H2,1-3H3,(H,16,18)(H,19,20). The lowest BCUT2D eigenvalue weighted by Gasteiger charge is -2.14. The highest BCUT2D eigenvalue weighted by Gasteiger charge is 2.09. The van der Waals surface area contributed by atoms with Gasteiger partial charge in [-0.1, -0.05) is 13.8 Å². The molecule has 22 heavy (non-hydrogen) atoms. The molecule has 1 rings (SSSR count). The molecule has 0 spiro atoms. The minimum absolute atomic E-state index is 0.0545. The number of nitrogens with one attached hydrogen (secondary N) is 1. The molecular formula is C15H24N2O4S. The topological polar surface area (TPSA) is 88.5 Å². The van der Waals surface area contributed by atoms with Crippen LogP contribution in [0.1, 0.15) is 49.1 Å². The third kappa shape index (κ3) is 7.51.